The lowest BCUT2D eigenvalue weighted by Crippen LogP contribution is -2.30. The van der Waals surface area contributed by atoms with Crippen LogP contribution >= 0.6 is 0 Å². The van der Waals surface area contributed by atoms with Gasteiger partial charge in [0.05, 0.1) is 5.41 Å². The highest BCUT2D eigenvalue weighted by molar-refractivity contribution is 5.94. The Hall–Kier alpha value is -2.90. The molecule has 0 spiro atoms. The predicted molar refractivity (Wildman–Crippen MR) is 108 cm³/mol. The zero-order chi connectivity index (χ0) is 17.6. The molecule has 0 aliphatic heterocycles. The van der Waals surface area contributed by atoms with E-state index < -0.39 is 0 Å². The van der Waals surface area contributed by atoms with E-state index in [4.69, 9.17) is 5.73 Å². The number of hydrogen-bond donors (Lipinski definition) is 1. The summed E-state index contributed by atoms with van der Waals surface area (Å²) in [4.78, 5) is 0. The molecule has 126 valence electrons. The lowest BCUT2D eigenvalue weighted by atomic mass is 9.66. The number of rotatable bonds is 2. The summed E-state index contributed by atoms with van der Waals surface area (Å²) < 4.78 is 0. The van der Waals surface area contributed by atoms with Gasteiger partial charge in [-0.1, -0.05) is 97.1 Å². The molecule has 2 aliphatic rings. The van der Waals surface area contributed by atoms with Crippen LogP contribution in [-0.2, 0) is 5.41 Å². The highest BCUT2D eigenvalue weighted by atomic mass is 14.6. The van der Waals surface area contributed by atoms with Gasteiger partial charge in [0.15, 0.2) is 0 Å². The van der Waals surface area contributed by atoms with Crippen LogP contribution in [0.15, 0.2) is 103 Å². The molecule has 3 aromatic rings. The molecule has 2 N–H and O–H groups in total. The Morgan fingerprint density at radius 2 is 1.31 bits per heavy atom. The van der Waals surface area contributed by atoms with Crippen molar-refractivity contribution in [2.45, 2.75) is 17.9 Å². The fraction of sp³-hybridized carbons (Fsp3) is 0.120. The van der Waals surface area contributed by atoms with E-state index in [1.165, 1.54) is 33.4 Å². The average Bonchev–Trinajstić information content (AvgIpc) is 3.00. The van der Waals surface area contributed by atoms with E-state index >= 15 is 0 Å². The topological polar surface area (TPSA) is 26.0 Å². The van der Waals surface area contributed by atoms with Gasteiger partial charge in [0.1, 0.15) is 0 Å². The van der Waals surface area contributed by atoms with Gasteiger partial charge >= 0.3 is 0 Å². The summed E-state index contributed by atoms with van der Waals surface area (Å²) in [6, 6.07) is 30.6. The smallest absolute Gasteiger partial charge is 0.0710 e. The largest absolute Gasteiger partial charge is 0.324 e. The Morgan fingerprint density at radius 1 is 0.731 bits per heavy atom. The molecule has 1 heteroatoms. The SMILES string of the molecule is NC1C=C2C(=CC1)C(c1ccccc1)(c1ccccc1)c1ccccc12. The molecule has 0 heterocycles. The molecule has 1 nitrogen and oxygen atoms in total. The third-order valence-electron chi connectivity index (χ3n) is 5.70. The quantitative estimate of drug-likeness (QED) is 0.695. The van der Waals surface area contributed by atoms with Gasteiger partial charge in [0.2, 0.25) is 0 Å². The van der Waals surface area contributed by atoms with E-state index in [9.17, 15) is 0 Å². The van der Waals surface area contributed by atoms with Crippen LogP contribution in [0.2, 0.25) is 0 Å². The monoisotopic (exact) mass is 335 g/mol. The van der Waals surface area contributed by atoms with Gasteiger partial charge in [-0.25, -0.2) is 0 Å². The van der Waals surface area contributed by atoms with E-state index in [1.807, 2.05) is 0 Å². The lowest BCUT2D eigenvalue weighted by Gasteiger charge is -2.35. The lowest BCUT2D eigenvalue weighted by molar-refractivity contribution is 0.742. The molecule has 3 aromatic carbocycles. The number of nitrogens with two attached hydrogens (primary N) is 1. The van der Waals surface area contributed by atoms with Crippen molar-refractivity contribution in [3.8, 4) is 0 Å². The third kappa shape index (κ3) is 2.01. The minimum atomic E-state index is -0.273. The molecule has 0 radical (unpaired) electrons. The first-order valence-electron chi connectivity index (χ1n) is 9.21. The fourth-order valence-electron chi connectivity index (χ4n) is 4.68. The Bertz CT molecular complexity index is 973. The highest BCUT2D eigenvalue weighted by Crippen LogP contribution is 2.57. The second-order valence-corrected chi connectivity index (χ2v) is 7.13. The van der Waals surface area contributed by atoms with Crippen LogP contribution in [0.5, 0.6) is 0 Å². The summed E-state index contributed by atoms with van der Waals surface area (Å²) in [6.45, 7) is 0. The highest BCUT2D eigenvalue weighted by Gasteiger charge is 2.48. The second kappa shape index (κ2) is 5.82. The Morgan fingerprint density at radius 3 is 1.96 bits per heavy atom. The summed E-state index contributed by atoms with van der Waals surface area (Å²) in [6.07, 6.45) is 5.50. The van der Waals surface area contributed by atoms with Crippen LogP contribution in [0, 0.1) is 0 Å². The molecular weight excluding hydrogens is 314 g/mol. The maximum absolute atomic E-state index is 6.29. The van der Waals surface area contributed by atoms with Crippen LogP contribution in [0.1, 0.15) is 28.7 Å². The zero-order valence-corrected chi connectivity index (χ0v) is 14.6. The average molecular weight is 335 g/mol. The number of allylic oxidation sites excluding steroid dienone is 2. The third-order valence-corrected chi connectivity index (χ3v) is 5.70. The van der Waals surface area contributed by atoms with E-state index in [-0.39, 0.29) is 11.5 Å². The molecule has 2 aliphatic carbocycles. The van der Waals surface area contributed by atoms with Crippen molar-refractivity contribution in [3.63, 3.8) is 0 Å². The molecule has 0 bridgehead atoms. The summed E-state index contributed by atoms with van der Waals surface area (Å²) in [5, 5.41) is 0. The molecule has 0 amide bonds. The van der Waals surface area contributed by atoms with E-state index in [2.05, 4.69) is 97.1 Å². The minimum absolute atomic E-state index is 0.0872. The Kier molecular flexibility index (Phi) is 3.44. The van der Waals surface area contributed by atoms with Crippen molar-refractivity contribution < 1.29 is 0 Å². The first-order chi connectivity index (χ1) is 12.8. The van der Waals surface area contributed by atoms with Gasteiger partial charge in [0.25, 0.3) is 0 Å². The summed E-state index contributed by atoms with van der Waals surface area (Å²) in [7, 11) is 0. The molecule has 1 atom stereocenters. The zero-order valence-electron chi connectivity index (χ0n) is 14.6. The summed E-state index contributed by atoms with van der Waals surface area (Å²) >= 11 is 0. The maximum atomic E-state index is 6.29. The van der Waals surface area contributed by atoms with Crippen molar-refractivity contribution >= 4 is 5.57 Å². The van der Waals surface area contributed by atoms with Gasteiger partial charge in [0, 0.05) is 6.04 Å². The van der Waals surface area contributed by atoms with Gasteiger partial charge in [-0.3, -0.25) is 0 Å². The molecule has 1 unspecified atom stereocenters. The first kappa shape index (κ1) is 15.4. The van der Waals surface area contributed by atoms with Crippen LogP contribution in [-0.4, -0.2) is 6.04 Å². The van der Waals surface area contributed by atoms with Crippen LogP contribution in [0.3, 0.4) is 0 Å². The van der Waals surface area contributed by atoms with E-state index in [0.717, 1.165) is 6.42 Å². The summed E-state index contributed by atoms with van der Waals surface area (Å²) in [5.41, 5.74) is 14.0. The van der Waals surface area contributed by atoms with Gasteiger partial charge in [-0.15, -0.1) is 0 Å². The molecule has 0 fully saturated rings. The van der Waals surface area contributed by atoms with Gasteiger partial charge in [-0.2, -0.15) is 0 Å². The van der Waals surface area contributed by atoms with Gasteiger partial charge in [-0.05, 0) is 39.8 Å². The Labute approximate surface area is 154 Å². The molecule has 0 aromatic heterocycles. The number of hydrogen-bond acceptors (Lipinski definition) is 1. The van der Waals surface area contributed by atoms with Crippen molar-refractivity contribution in [1.29, 1.82) is 0 Å². The molecule has 5 rings (SSSR count). The fourth-order valence-corrected chi connectivity index (χ4v) is 4.68. The molecule has 26 heavy (non-hydrogen) atoms. The van der Waals surface area contributed by atoms with Crippen molar-refractivity contribution in [3.05, 3.63) is 125 Å². The second-order valence-electron chi connectivity index (χ2n) is 7.13. The maximum Gasteiger partial charge on any atom is 0.0710 e. The molecule has 0 saturated heterocycles. The van der Waals surface area contributed by atoms with Crippen LogP contribution < -0.4 is 5.73 Å². The summed E-state index contributed by atoms with van der Waals surface area (Å²) in [5.74, 6) is 0. The van der Waals surface area contributed by atoms with Crippen LogP contribution in [0.25, 0.3) is 5.57 Å². The predicted octanol–water partition coefficient (Wildman–Crippen LogP) is 5.08. The number of fused-ring (bicyclic) bond motifs is 3. The first-order valence-corrected chi connectivity index (χ1v) is 9.21. The Balaban J connectivity index is 1.93. The van der Waals surface area contributed by atoms with E-state index in [0.29, 0.717) is 0 Å². The van der Waals surface area contributed by atoms with Crippen molar-refractivity contribution in [2.75, 3.05) is 0 Å². The molecular formula is C25H21N. The normalized spacial score (nSPS) is 20.0. The number of benzene rings is 3. The van der Waals surface area contributed by atoms with Crippen molar-refractivity contribution in [2.24, 2.45) is 5.73 Å². The standard InChI is InChI=1S/C25H21N/c26-20-15-16-24-22(17-20)21-13-7-8-14-23(21)25(24,18-9-3-1-4-10-18)19-11-5-2-6-12-19/h1-14,16-17,20H,15,26H2. The molecule has 0 saturated carbocycles. The van der Waals surface area contributed by atoms with E-state index in [1.54, 1.807) is 0 Å². The van der Waals surface area contributed by atoms with Crippen LogP contribution in [0.4, 0.5) is 0 Å². The van der Waals surface area contributed by atoms with Gasteiger partial charge < -0.3 is 5.73 Å². The minimum Gasteiger partial charge on any atom is -0.324 e. The van der Waals surface area contributed by atoms with Crippen molar-refractivity contribution in [1.82, 2.24) is 0 Å².